The van der Waals surface area contributed by atoms with Crippen molar-refractivity contribution in [3.63, 3.8) is 0 Å². The molecule has 0 radical (unpaired) electrons. The molecular formula is C12H14N2O. The maximum absolute atomic E-state index is 10.8. The predicted molar refractivity (Wildman–Crippen MR) is 62.2 cm³/mol. The van der Waals surface area contributed by atoms with Crippen molar-refractivity contribution in [2.75, 3.05) is 18.0 Å². The lowest BCUT2D eigenvalue weighted by Gasteiger charge is -2.21. The normalized spacial score (nSPS) is 9.33. The Morgan fingerprint density at radius 2 is 2.00 bits per heavy atom. The van der Waals surface area contributed by atoms with Gasteiger partial charge in [-0.15, -0.1) is 13.2 Å². The summed E-state index contributed by atoms with van der Waals surface area (Å²) in [6.07, 6.45) is 6.02. The minimum absolute atomic E-state index is 0.584. The minimum atomic E-state index is 0.584. The van der Waals surface area contributed by atoms with Crippen LogP contribution in [-0.2, 0) is 0 Å². The van der Waals surface area contributed by atoms with Gasteiger partial charge in [0.1, 0.15) is 5.82 Å². The highest BCUT2D eigenvalue weighted by Crippen LogP contribution is 2.14. The zero-order chi connectivity index (χ0) is 11.1. The van der Waals surface area contributed by atoms with Gasteiger partial charge in [-0.3, -0.25) is 4.79 Å². The van der Waals surface area contributed by atoms with Gasteiger partial charge in [-0.05, 0) is 12.1 Å². The van der Waals surface area contributed by atoms with Crippen LogP contribution in [0.5, 0.6) is 0 Å². The zero-order valence-corrected chi connectivity index (χ0v) is 8.60. The van der Waals surface area contributed by atoms with Crippen molar-refractivity contribution in [3.8, 4) is 0 Å². The maximum Gasteiger partial charge on any atom is 0.153 e. The lowest BCUT2D eigenvalue weighted by Crippen LogP contribution is -2.25. The zero-order valence-electron chi connectivity index (χ0n) is 8.60. The fraction of sp³-hybridized carbons (Fsp3) is 0.167. The Morgan fingerprint density at radius 1 is 1.33 bits per heavy atom. The molecule has 3 heteroatoms. The molecule has 0 amide bonds. The van der Waals surface area contributed by atoms with Gasteiger partial charge in [-0.1, -0.05) is 12.2 Å². The second-order valence-electron chi connectivity index (χ2n) is 3.02. The Kier molecular flexibility index (Phi) is 4.29. The third-order valence-electron chi connectivity index (χ3n) is 1.94. The van der Waals surface area contributed by atoms with Crippen LogP contribution in [0, 0.1) is 0 Å². The number of hydrogen-bond acceptors (Lipinski definition) is 3. The van der Waals surface area contributed by atoms with Crippen LogP contribution in [0.2, 0.25) is 0 Å². The lowest BCUT2D eigenvalue weighted by atomic mass is 10.2. The molecule has 78 valence electrons. The minimum Gasteiger partial charge on any atom is -0.349 e. The van der Waals surface area contributed by atoms with Crippen molar-refractivity contribution in [1.29, 1.82) is 0 Å². The van der Waals surface area contributed by atoms with Gasteiger partial charge in [0.05, 0.1) is 5.56 Å². The number of pyridine rings is 1. The average Bonchev–Trinajstić information content (AvgIpc) is 2.29. The van der Waals surface area contributed by atoms with E-state index in [9.17, 15) is 4.79 Å². The molecule has 0 saturated carbocycles. The molecule has 0 N–H and O–H groups in total. The molecule has 3 nitrogen and oxygen atoms in total. The first-order chi connectivity index (χ1) is 7.33. The van der Waals surface area contributed by atoms with Crippen LogP contribution in [0.25, 0.3) is 0 Å². The van der Waals surface area contributed by atoms with Crippen molar-refractivity contribution in [1.82, 2.24) is 4.98 Å². The molecule has 0 aliphatic heterocycles. The van der Waals surface area contributed by atoms with E-state index < -0.39 is 0 Å². The molecule has 1 rings (SSSR count). The standard InChI is InChI=1S/C12H14N2O/c1-3-8-14(9-4-2)12-11(10-15)6-5-7-13-12/h3-7,10H,1-2,8-9H2. The third kappa shape index (κ3) is 2.77. The highest BCUT2D eigenvalue weighted by atomic mass is 16.1. The lowest BCUT2D eigenvalue weighted by molar-refractivity contribution is 0.112. The number of hydrogen-bond donors (Lipinski definition) is 0. The number of carbonyl (C=O) groups excluding carboxylic acids is 1. The van der Waals surface area contributed by atoms with Crippen LogP contribution in [0.3, 0.4) is 0 Å². The Labute approximate surface area is 89.7 Å². The molecular weight excluding hydrogens is 188 g/mol. The van der Waals surface area contributed by atoms with Gasteiger partial charge >= 0.3 is 0 Å². The first-order valence-corrected chi connectivity index (χ1v) is 4.70. The van der Waals surface area contributed by atoms with E-state index >= 15 is 0 Å². The summed E-state index contributed by atoms with van der Waals surface area (Å²) in [4.78, 5) is 16.9. The van der Waals surface area contributed by atoms with Crippen molar-refractivity contribution >= 4 is 12.1 Å². The summed E-state index contributed by atoms with van der Waals surface area (Å²) < 4.78 is 0. The van der Waals surface area contributed by atoms with E-state index in [1.165, 1.54) is 0 Å². The first kappa shape index (κ1) is 11.2. The molecule has 0 unspecified atom stereocenters. The van der Waals surface area contributed by atoms with Gasteiger partial charge in [0, 0.05) is 19.3 Å². The van der Waals surface area contributed by atoms with Crippen LogP contribution >= 0.6 is 0 Å². The first-order valence-electron chi connectivity index (χ1n) is 4.70. The molecule has 0 bridgehead atoms. The summed E-state index contributed by atoms with van der Waals surface area (Å²) in [5, 5.41) is 0. The van der Waals surface area contributed by atoms with E-state index in [2.05, 4.69) is 18.1 Å². The SMILES string of the molecule is C=CCN(CC=C)c1ncccc1C=O. The monoisotopic (exact) mass is 202 g/mol. The Balaban J connectivity index is 3.02. The number of anilines is 1. The van der Waals surface area contributed by atoms with Crippen molar-refractivity contribution in [3.05, 3.63) is 49.2 Å². The summed E-state index contributed by atoms with van der Waals surface area (Å²) in [5.74, 6) is 0.673. The van der Waals surface area contributed by atoms with Crippen LogP contribution < -0.4 is 4.90 Å². The summed E-state index contributed by atoms with van der Waals surface area (Å²) in [6.45, 7) is 8.63. The second kappa shape index (κ2) is 5.75. The molecule has 15 heavy (non-hydrogen) atoms. The molecule has 0 aliphatic rings. The highest BCUT2D eigenvalue weighted by Gasteiger charge is 2.08. The maximum atomic E-state index is 10.8. The smallest absolute Gasteiger partial charge is 0.153 e. The van der Waals surface area contributed by atoms with Gasteiger partial charge in [0.15, 0.2) is 6.29 Å². The fourth-order valence-electron chi connectivity index (χ4n) is 1.32. The van der Waals surface area contributed by atoms with Gasteiger partial charge < -0.3 is 4.90 Å². The van der Waals surface area contributed by atoms with E-state index in [-0.39, 0.29) is 0 Å². The highest BCUT2D eigenvalue weighted by molar-refractivity contribution is 5.82. The summed E-state index contributed by atoms with van der Waals surface area (Å²) in [6, 6.07) is 3.49. The summed E-state index contributed by atoms with van der Waals surface area (Å²) in [7, 11) is 0. The molecule has 0 aromatic carbocycles. The molecule has 0 fully saturated rings. The molecule has 0 spiro atoms. The summed E-state index contributed by atoms with van der Waals surface area (Å²) in [5.41, 5.74) is 0.584. The second-order valence-corrected chi connectivity index (χ2v) is 3.02. The van der Waals surface area contributed by atoms with Crippen LogP contribution in [0.1, 0.15) is 10.4 Å². The van der Waals surface area contributed by atoms with Gasteiger partial charge in [-0.25, -0.2) is 4.98 Å². The average molecular weight is 202 g/mol. The van der Waals surface area contributed by atoms with Gasteiger partial charge in [-0.2, -0.15) is 0 Å². The fourth-order valence-corrected chi connectivity index (χ4v) is 1.32. The summed E-state index contributed by atoms with van der Waals surface area (Å²) >= 11 is 0. The Hall–Kier alpha value is -1.90. The van der Waals surface area contributed by atoms with Gasteiger partial charge in [0.25, 0.3) is 0 Å². The van der Waals surface area contributed by atoms with E-state index in [1.54, 1.807) is 30.5 Å². The predicted octanol–water partition coefficient (Wildman–Crippen LogP) is 2.07. The number of nitrogens with zero attached hydrogens (tertiary/aromatic N) is 2. The van der Waals surface area contributed by atoms with Crippen molar-refractivity contribution < 1.29 is 4.79 Å². The number of aldehydes is 1. The van der Waals surface area contributed by atoms with E-state index in [1.807, 2.05) is 4.90 Å². The molecule has 1 aromatic rings. The van der Waals surface area contributed by atoms with E-state index in [0.717, 1.165) is 6.29 Å². The quantitative estimate of drug-likeness (QED) is 0.523. The molecule has 1 heterocycles. The van der Waals surface area contributed by atoms with Gasteiger partial charge in [0.2, 0.25) is 0 Å². The largest absolute Gasteiger partial charge is 0.349 e. The topological polar surface area (TPSA) is 33.2 Å². The molecule has 0 saturated heterocycles. The van der Waals surface area contributed by atoms with E-state index in [0.29, 0.717) is 24.5 Å². The number of aromatic nitrogens is 1. The number of rotatable bonds is 6. The van der Waals surface area contributed by atoms with Crippen LogP contribution in [-0.4, -0.2) is 24.4 Å². The Morgan fingerprint density at radius 3 is 2.53 bits per heavy atom. The van der Waals surface area contributed by atoms with E-state index in [4.69, 9.17) is 0 Å². The van der Waals surface area contributed by atoms with Crippen LogP contribution in [0.15, 0.2) is 43.6 Å². The van der Waals surface area contributed by atoms with Crippen LogP contribution in [0.4, 0.5) is 5.82 Å². The van der Waals surface area contributed by atoms with Crippen molar-refractivity contribution in [2.45, 2.75) is 0 Å². The molecule has 0 aliphatic carbocycles. The molecule has 0 atom stereocenters. The number of carbonyl (C=O) groups is 1. The van der Waals surface area contributed by atoms with Crippen molar-refractivity contribution in [2.24, 2.45) is 0 Å². The molecule has 1 aromatic heterocycles. The Bertz CT molecular complexity index is 350. The third-order valence-corrected chi connectivity index (χ3v) is 1.94.